The molecule has 0 spiro atoms. The molecule has 0 aromatic rings. The van der Waals surface area contributed by atoms with Crippen molar-refractivity contribution in [2.75, 3.05) is 7.11 Å². The predicted octanol–water partition coefficient (Wildman–Crippen LogP) is 0.811. The minimum Gasteiger partial charge on any atom is -0.493 e. The van der Waals surface area contributed by atoms with Crippen molar-refractivity contribution in [3.8, 4) is 0 Å². The number of rotatable bonds is 2. The first-order valence-corrected chi connectivity index (χ1v) is 4.01. The lowest BCUT2D eigenvalue weighted by Gasteiger charge is -2.08. The average Bonchev–Trinajstić information content (AvgIpc) is 2.26. The number of esters is 1. The standard InChI is InChI=1S/C9H12O4/c1-5-4-7(13-6(2)10)8(11)9(5)12-3/h7H,4H2,1-3H3. The first kappa shape index (κ1) is 9.77. The molecule has 0 saturated carbocycles. The van der Waals surface area contributed by atoms with Crippen molar-refractivity contribution in [3.05, 3.63) is 11.3 Å². The molecule has 4 heteroatoms. The van der Waals surface area contributed by atoms with Crippen LogP contribution >= 0.6 is 0 Å². The maximum absolute atomic E-state index is 11.4. The smallest absolute Gasteiger partial charge is 0.303 e. The molecule has 1 aliphatic rings. The fraction of sp³-hybridized carbons (Fsp3) is 0.556. The largest absolute Gasteiger partial charge is 0.493 e. The molecule has 1 rings (SSSR count). The topological polar surface area (TPSA) is 52.6 Å². The minimum atomic E-state index is -0.674. The zero-order chi connectivity index (χ0) is 10.0. The summed E-state index contributed by atoms with van der Waals surface area (Å²) in [5, 5.41) is 0. The molecule has 0 bridgehead atoms. The van der Waals surface area contributed by atoms with Crippen LogP contribution in [0.2, 0.25) is 0 Å². The van der Waals surface area contributed by atoms with Gasteiger partial charge in [-0.1, -0.05) is 0 Å². The molecule has 0 aromatic heterocycles. The normalized spacial score (nSPS) is 22.1. The average molecular weight is 184 g/mol. The number of ether oxygens (including phenoxy) is 2. The fourth-order valence-corrected chi connectivity index (χ4v) is 1.39. The third-order valence-corrected chi connectivity index (χ3v) is 1.91. The second-order valence-corrected chi connectivity index (χ2v) is 2.98. The van der Waals surface area contributed by atoms with Gasteiger partial charge in [-0.15, -0.1) is 0 Å². The van der Waals surface area contributed by atoms with E-state index in [9.17, 15) is 9.59 Å². The van der Waals surface area contributed by atoms with Crippen LogP contribution in [0.15, 0.2) is 11.3 Å². The van der Waals surface area contributed by atoms with Gasteiger partial charge in [0.15, 0.2) is 11.9 Å². The molecule has 1 atom stereocenters. The van der Waals surface area contributed by atoms with Crippen LogP contribution in [0.5, 0.6) is 0 Å². The second-order valence-electron chi connectivity index (χ2n) is 2.98. The van der Waals surface area contributed by atoms with E-state index < -0.39 is 12.1 Å². The predicted molar refractivity (Wildman–Crippen MR) is 44.9 cm³/mol. The van der Waals surface area contributed by atoms with Gasteiger partial charge in [0.05, 0.1) is 7.11 Å². The van der Waals surface area contributed by atoms with Gasteiger partial charge in [0, 0.05) is 13.3 Å². The maximum Gasteiger partial charge on any atom is 0.303 e. The van der Waals surface area contributed by atoms with Crippen LogP contribution in [0.3, 0.4) is 0 Å². The molecule has 0 aromatic carbocycles. The van der Waals surface area contributed by atoms with E-state index in [0.717, 1.165) is 5.57 Å². The quantitative estimate of drug-likeness (QED) is 0.596. The second kappa shape index (κ2) is 3.60. The fourth-order valence-electron chi connectivity index (χ4n) is 1.39. The summed E-state index contributed by atoms with van der Waals surface area (Å²) >= 11 is 0. The van der Waals surface area contributed by atoms with Gasteiger partial charge in [0.25, 0.3) is 0 Å². The Morgan fingerprint density at radius 1 is 1.54 bits per heavy atom. The monoisotopic (exact) mass is 184 g/mol. The SMILES string of the molecule is COC1=C(C)CC(OC(C)=O)C1=O. The molecule has 0 fully saturated rings. The third kappa shape index (κ3) is 1.88. The number of carbonyl (C=O) groups excluding carboxylic acids is 2. The minimum absolute atomic E-state index is 0.241. The van der Waals surface area contributed by atoms with Gasteiger partial charge in [-0.25, -0.2) is 0 Å². The molecule has 0 N–H and O–H groups in total. The zero-order valence-corrected chi connectivity index (χ0v) is 7.92. The Bertz CT molecular complexity index is 277. The van der Waals surface area contributed by atoms with E-state index in [4.69, 9.17) is 9.47 Å². The van der Waals surface area contributed by atoms with Crippen molar-refractivity contribution in [2.45, 2.75) is 26.4 Å². The van der Waals surface area contributed by atoms with E-state index in [-0.39, 0.29) is 5.78 Å². The van der Waals surface area contributed by atoms with Crippen molar-refractivity contribution in [2.24, 2.45) is 0 Å². The van der Waals surface area contributed by atoms with E-state index in [1.54, 1.807) is 6.92 Å². The third-order valence-electron chi connectivity index (χ3n) is 1.91. The Hall–Kier alpha value is -1.32. The molecule has 72 valence electrons. The van der Waals surface area contributed by atoms with Gasteiger partial charge < -0.3 is 9.47 Å². The first-order valence-electron chi connectivity index (χ1n) is 4.01. The zero-order valence-electron chi connectivity index (χ0n) is 7.92. The van der Waals surface area contributed by atoms with Gasteiger partial charge in [-0.3, -0.25) is 9.59 Å². The van der Waals surface area contributed by atoms with Crippen LogP contribution in [-0.4, -0.2) is 25.0 Å². The van der Waals surface area contributed by atoms with Crippen LogP contribution in [0.4, 0.5) is 0 Å². The Morgan fingerprint density at radius 3 is 2.54 bits per heavy atom. The van der Waals surface area contributed by atoms with Gasteiger partial charge in [0.2, 0.25) is 5.78 Å². The molecule has 0 radical (unpaired) electrons. The molecule has 1 aliphatic carbocycles. The molecule has 1 unspecified atom stereocenters. The molecular formula is C9H12O4. The molecular weight excluding hydrogens is 172 g/mol. The Kier molecular flexibility index (Phi) is 2.70. The summed E-state index contributed by atoms with van der Waals surface area (Å²) in [4.78, 5) is 22.0. The van der Waals surface area contributed by atoms with Crippen LogP contribution in [0.25, 0.3) is 0 Å². The molecule has 0 amide bonds. The lowest BCUT2D eigenvalue weighted by molar-refractivity contribution is -0.151. The van der Waals surface area contributed by atoms with Crippen molar-refractivity contribution >= 4 is 11.8 Å². The summed E-state index contributed by atoms with van der Waals surface area (Å²) in [6.45, 7) is 3.08. The summed E-state index contributed by atoms with van der Waals surface area (Å²) in [5.74, 6) is -0.357. The van der Waals surface area contributed by atoms with Crippen molar-refractivity contribution < 1.29 is 19.1 Å². The van der Waals surface area contributed by atoms with E-state index >= 15 is 0 Å². The lowest BCUT2D eigenvalue weighted by atomic mass is 10.2. The number of hydrogen-bond donors (Lipinski definition) is 0. The van der Waals surface area contributed by atoms with E-state index in [0.29, 0.717) is 12.2 Å². The highest BCUT2D eigenvalue weighted by Crippen LogP contribution is 2.25. The summed E-state index contributed by atoms with van der Waals surface area (Å²) in [7, 11) is 1.44. The molecule has 0 saturated heterocycles. The molecule has 13 heavy (non-hydrogen) atoms. The number of carbonyl (C=O) groups is 2. The lowest BCUT2D eigenvalue weighted by Crippen LogP contribution is -2.23. The van der Waals surface area contributed by atoms with Crippen LogP contribution in [-0.2, 0) is 19.1 Å². The highest BCUT2D eigenvalue weighted by atomic mass is 16.5. The maximum atomic E-state index is 11.4. The van der Waals surface area contributed by atoms with Crippen molar-refractivity contribution in [1.29, 1.82) is 0 Å². The van der Waals surface area contributed by atoms with Gasteiger partial charge in [-0.05, 0) is 12.5 Å². The first-order chi connectivity index (χ1) is 6.06. The number of methoxy groups -OCH3 is 1. The van der Waals surface area contributed by atoms with Crippen molar-refractivity contribution in [1.82, 2.24) is 0 Å². The van der Waals surface area contributed by atoms with Crippen LogP contribution in [0.1, 0.15) is 20.3 Å². The Morgan fingerprint density at radius 2 is 2.15 bits per heavy atom. The van der Waals surface area contributed by atoms with Gasteiger partial charge in [-0.2, -0.15) is 0 Å². The molecule has 0 heterocycles. The number of Topliss-reactive ketones (excluding diaryl/α,β-unsaturated/α-hetero) is 1. The van der Waals surface area contributed by atoms with Crippen LogP contribution < -0.4 is 0 Å². The molecule has 4 nitrogen and oxygen atoms in total. The van der Waals surface area contributed by atoms with Crippen LogP contribution in [0, 0.1) is 0 Å². The number of ketones is 1. The van der Waals surface area contributed by atoms with E-state index in [2.05, 4.69) is 0 Å². The summed E-state index contributed by atoms with van der Waals surface area (Å²) in [6.07, 6.45) is -0.228. The Labute approximate surface area is 76.5 Å². The Balaban J connectivity index is 2.70. The molecule has 0 aliphatic heterocycles. The highest BCUT2D eigenvalue weighted by Gasteiger charge is 2.34. The summed E-state index contributed by atoms with van der Waals surface area (Å²) in [6, 6.07) is 0. The summed E-state index contributed by atoms with van der Waals surface area (Å²) < 4.78 is 9.70. The van der Waals surface area contributed by atoms with E-state index in [1.807, 2.05) is 0 Å². The van der Waals surface area contributed by atoms with E-state index in [1.165, 1.54) is 14.0 Å². The van der Waals surface area contributed by atoms with Gasteiger partial charge >= 0.3 is 5.97 Å². The summed E-state index contributed by atoms with van der Waals surface area (Å²) in [5.41, 5.74) is 0.832. The highest BCUT2D eigenvalue weighted by molar-refractivity contribution is 6.01. The number of hydrogen-bond acceptors (Lipinski definition) is 4. The van der Waals surface area contributed by atoms with Gasteiger partial charge in [0.1, 0.15) is 0 Å². The van der Waals surface area contributed by atoms with Crippen molar-refractivity contribution in [3.63, 3.8) is 0 Å².